The van der Waals surface area contributed by atoms with Crippen molar-refractivity contribution in [3.8, 4) is 5.88 Å². The van der Waals surface area contributed by atoms with Crippen LogP contribution in [0.25, 0.3) is 0 Å². The number of nitrogens with zero attached hydrogens (tertiary/aromatic N) is 2. The number of hydrogen-bond acceptors (Lipinski definition) is 3. The maximum atomic E-state index is 12.0. The van der Waals surface area contributed by atoms with E-state index in [0.29, 0.717) is 16.7 Å². The minimum atomic E-state index is -0.422. The number of nitrogens with one attached hydrogen (secondary N) is 2. The van der Waals surface area contributed by atoms with Crippen molar-refractivity contribution in [3.63, 3.8) is 0 Å². The van der Waals surface area contributed by atoms with Gasteiger partial charge >= 0.3 is 6.03 Å². The molecule has 3 rings (SSSR count). The Kier molecular flexibility index (Phi) is 3.47. The molecule has 1 aliphatic rings. The van der Waals surface area contributed by atoms with Crippen LogP contribution in [0.5, 0.6) is 5.88 Å². The molecular weight excluding hydrogens is 292 g/mol. The van der Waals surface area contributed by atoms with Crippen LogP contribution in [-0.4, -0.2) is 20.7 Å². The van der Waals surface area contributed by atoms with Gasteiger partial charge < -0.3 is 15.0 Å². The Morgan fingerprint density at radius 2 is 2.24 bits per heavy atom. The van der Waals surface area contributed by atoms with Crippen LogP contribution in [-0.2, 0) is 13.0 Å². The molecule has 1 aromatic carbocycles. The minimum Gasteiger partial charge on any atom is -0.492 e. The van der Waals surface area contributed by atoms with Gasteiger partial charge in [-0.15, -0.1) is 0 Å². The van der Waals surface area contributed by atoms with Crippen molar-refractivity contribution in [2.75, 3.05) is 10.6 Å². The highest BCUT2D eigenvalue weighted by Gasteiger charge is 2.22. The molecular formula is C14H15ClN4O2. The predicted molar refractivity (Wildman–Crippen MR) is 81.0 cm³/mol. The summed E-state index contributed by atoms with van der Waals surface area (Å²) in [6, 6.07) is 4.87. The van der Waals surface area contributed by atoms with Gasteiger partial charge in [0.2, 0.25) is 11.8 Å². The normalized spacial score (nSPS) is 13.0. The van der Waals surface area contributed by atoms with Crippen molar-refractivity contribution < 1.29 is 9.90 Å². The van der Waals surface area contributed by atoms with Crippen molar-refractivity contribution in [2.45, 2.75) is 26.3 Å². The van der Waals surface area contributed by atoms with Gasteiger partial charge in [0, 0.05) is 17.3 Å². The maximum Gasteiger partial charge on any atom is 0.326 e. The number of fused-ring (bicyclic) bond motifs is 1. The van der Waals surface area contributed by atoms with Crippen molar-refractivity contribution >= 4 is 29.3 Å². The number of aryl methyl sites for hydroxylation is 1. The smallest absolute Gasteiger partial charge is 0.326 e. The number of benzene rings is 1. The molecule has 21 heavy (non-hydrogen) atoms. The third-order valence-electron chi connectivity index (χ3n) is 3.50. The summed E-state index contributed by atoms with van der Waals surface area (Å²) in [5.74, 6) is 0.344. The summed E-state index contributed by atoms with van der Waals surface area (Å²) >= 11 is 6.02. The van der Waals surface area contributed by atoms with E-state index in [2.05, 4.69) is 15.6 Å². The van der Waals surface area contributed by atoms with Gasteiger partial charge in [0.15, 0.2) is 0 Å². The average Bonchev–Trinajstić information content (AvgIpc) is 3.00. The summed E-state index contributed by atoms with van der Waals surface area (Å²) < 4.78 is 1.82. The summed E-state index contributed by atoms with van der Waals surface area (Å²) in [5, 5.41) is 15.6. The van der Waals surface area contributed by atoms with E-state index in [1.54, 1.807) is 12.1 Å². The maximum absolute atomic E-state index is 12.0. The Hall–Kier alpha value is -2.21. The fourth-order valence-electron chi connectivity index (χ4n) is 2.40. The number of urea groups is 1. The Morgan fingerprint density at radius 1 is 1.43 bits per heavy atom. The zero-order valence-electron chi connectivity index (χ0n) is 11.5. The SMILES string of the molecule is Cc1ccc(NC(=O)Nc2nc(O)c3n2CCC3)cc1Cl. The summed E-state index contributed by atoms with van der Waals surface area (Å²) in [4.78, 5) is 16.0. The van der Waals surface area contributed by atoms with Gasteiger partial charge in [0.05, 0.1) is 5.69 Å². The van der Waals surface area contributed by atoms with Crippen LogP contribution < -0.4 is 10.6 Å². The standard InChI is InChI=1S/C14H15ClN4O2/c1-8-4-5-9(7-10(8)15)16-14(21)18-13-17-12(20)11-3-2-6-19(11)13/h4-5,7,20H,2-3,6H2,1H3,(H2,16,17,18,21). The molecule has 0 unspecified atom stereocenters. The summed E-state index contributed by atoms with van der Waals surface area (Å²) in [7, 11) is 0. The number of halogens is 1. The first-order valence-electron chi connectivity index (χ1n) is 6.67. The van der Waals surface area contributed by atoms with Crippen LogP contribution in [0.3, 0.4) is 0 Å². The quantitative estimate of drug-likeness (QED) is 0.797. The van der Waals surface area contributed by atoms with Gasteiger partial charge in [-0.1, -0.05) is 17.7 Å². The molecule has 1 aliphatic heterocycles. The van der Waals surface area contributed by atoms with Gasteiger partial charge in [0.25, 0.3) is 0 Å². The topological polar surface area (TPSA) is 79.2 Å². The number of anilines is 2. The molecule has 0 bridgehead atoms. The summed E-state index contributed by atoms with van der Waals surface area (Å²) in [6.07, 6.45) is 1.71. The van der Waals surface area contributed by atoms with Crippen LogP contribution in [0, 0.1) is 6.92 Å². The number of imidazole rings is 1. The van der Waals surface area contributed by atoms with E-state index in [0.717, 1.165) is 30.6 Å². The Bertz CT molecular complexity index is 711. The number of rotatable bonds is 2. The Labute approximate surface area is 126 Å². The van der Waals surface area contributed by atoms with E-state index in [1.807, 2.05) is 17.6 Å². The number of hydrogen-bond donors (Lipinski definition) is 3. The molecule has 0 spiro atoms. The number of aromatic hydroxyl groups is 1. The number of carbonyl (C=O) groups is 1. The number of carbonyl (C=O) groups excluding carboxylic acids is 1. The highest BCUT2D eigenvalue weighted by molar-refractivity contribution is 6.31. The van der Waals surface area contributed by atoms with Crippen LogP contribution in [0.1, 0.15) is 17.7 Å². The molecule has 0 fully saturated rings. The monoisotopic (exact) mass is 306 g/mol. The van der Waals surface area contributed by atoms with Gasteiger partial charge in [-0.2, -0.15) is 4.98 Å². The van der Waals surface area contributed by atoms with E-state index in [-0.39, 0.29) is 5.88 Å². The van der Waals surface area contributed by atoms with Crippen molar-refractivity contribution in [3.05, 3.63) is 34.5 Å². The molecule has 2 heterocycles. The predicted octanol–water partition coefficient (Wildman–Crippen LogP) is 3.14. The lowest BCUT2D eigenvalue weighted by atomic mass is 10.2. The minimum absolute atomic E-state index is 0.0128. The van der Waals surface area contributed by atoms with E-state index in [4.69, 9.17) is 11.6 Å². The molecule has 2 aromatic rings. The Balaban J connectivity index is 1.72. The van der Waals surface area contributed by atoms with Gasteiger partial charge in [-0.3, -0.25) is 5.32 Å². The molecule has 2 amide bonds. The van der Waals surface area contributed by atoms with Crippen LogP contribution in [0.15, 0.2) is 18.2 Å². The Morgan fingerprint density at radius 3 is 3.00 bits per heavy atom. The summed E-state index contributed by atoms with van der Waals surface area (Å²) in [5.41, 5.74) is 2.31. The highest BCUT2D eigenvalue weighted by Crippen LogP contribution is 2.28. The molecule has 0 saturated carbocycles. The second kappa shape index (κ2) is 5.29. The first kappa shape index (κ1) is 13.8. The van der Waals surface area contributed by atoms with Gasteiger partial charge in [-0.25, -0.2) is 4.79 Å². The highest BCUT2D eigenvalue weighted by atomic mass is 35.5. The lowest BCUT2D eigenvalue weighted by Gasteiger charge is -2.09. The fourth-order valence-corrected chi connectivity index (χ4v) is 2.58. The second-order valence-corrected chi connectivity index (χ2v) is 5.41. The first-order valence-corrected chi connectivity index (χ1v) is 7.05. The average molecular weight is 307 g/mol. The van der Waals surface area contributed by atoms with Gasteiger partial charge in [-0.05, 0) is 37.5 Å². The zero-order chi connectivity index (χ0) is 15.0. The molecule has 0 radical (unpaired) electrons. The molecule has 7 heteroatoms. The molecule has 0 aliphatic carbocycles. The largest absolute Gasteiger partial charge is 0.492 e. The van der Waals surface area contributed by atoms with Crippen molar-refractivity contribution in [2.24, 2.45) is 0 Å². The molecule has 1 aromatic heterocycles. The lowest BCUT2D eigenvalue weighted by Crippen LogP contribution is -2.21. The molecule has 0 atom stereocenters. The van der Waals surface area contributed by atoms with Crippen LogP contribution in [0.4, 0.5) is 16.4 Å². The first-order chi connectivity index (χ1) is 10.0. The van der Waals surface area contributed by atoms with Crippen molar-refractivity contribution in [1.29, 1.82) is 0 Å². The third-order valence-corrected chi connectivity index (χ3v) is 3.91. The second-order valence-electron chi connectivity index (χ2n) is 5.00. The van der Waals surface area contributed by atoms with E-state index in [9.17, 15) is 9.90 Å². The molecule has 3 N–H and O–H groups in total. The fraction of sp³-hybridized carbons (Fsp3) is 0.286. The van der Waals surface area contributed by atoms with E-state index < -0.39 is 6.03 Å². The van der Waals surface area contributed by atoms with Crippen molar-refractivity contribution in [1.82, 2.24) is 9.55 Å². The van der Waals surface area contributed by atoms with E-state index >= 15 is 0 Å². The molecule has 6 nitrogen and oxygen atoms in total. The number of amides is 2. The number of aromatic nitrogens is 2. The van der Waals surface area contributed by atoms with Gasteiger partial charge in [0.1, 0.15) is 0 Å². The van der Waals surface area contributed by atoms with Crippen LogP contribution in [0.2, 0.25) is 5.02 Å². The third kappa shape index (κ3) is 2.67. The van der Waals surface area contributed by atoms with Crippen LogP contribution >= 0.6 is 11.6 Å². The van der Waals surface area contributed by atoms with E-state index in [1.165, 1.54) is 0 Å². The molecule has 110 valence electrons. The zero-order valence-corrected chi connectivity index (χ0v) is 12.2. The summed E-state index contributed by atoms with van der Waals surface area (Å²) in [6.45, 7) is 2.64. The molecule has 0 saturated heterocycles. The lowest BCUT2D eigenvalue weighted by molar-refractivity contribution is 0.262.